The van der Waals surface area contributed by atoms with Crippen LogP contribution < -0.4 is 5.32 Å². The minimum absolute atomic E-state index is 0.00337. The van der Waals surface area contributed by atoms with Gasteiger partial charge in [0, 0.05) is 16.0 Å². The van der Waals surface area contributed by atoms with Crippen LogP contribution in [0.5, 0.6) is 0 Å². The lowest BCUT2D eigenvalue weighted by Crippen LogP contribution is -2.26. The molecule has 0 aliphatic heterocycles. The number of rotatable bonds is 3. The molecule has 102 valence electrons. The first-order valence-electron chi connectivity index (χ1n) is 6.25. The van der Waals surface area contributed by atoms with E-state index in [4.69, 9.17) is 5.11 Å². The van der Waals surface area contributed by atoms with Gasteiger partial charge in [-0.1, -0.05) is 17.9 Å². The van der Waals surface area contributed by atoms with E-state index in [1.54, 1.807) is 35.6 Å². The molecule has 0 spiro atoms. The van der Waals surface area contributed by atoms with E-state index >= 15 is 0 Å². The van der Waals surface area contributed by atoms with Crippen molar-refractivity contribution in [3.8, 4) is 11.8 Å². The van der Waals surface area contributed by atoms with Crippen molar-refractivity contribution in [1.29, 1.82) is 0 Å². The van der Waals surface area contributed by atoms with Gasteiger partial charge in [-0.25, -0.2) is 0 Å². The Kier molecular flexibility index (Phi) is 4.94. The molecule has 1 atom stereocenters. The molecule has 1 aromatic carbocycles. The minimum Gasteiger partial charge on any atom is -0.384 e. The third-order valence-electron chi connectivity index (χ3n) is 2.78. The molecule has 3 nitrogen and oxygen atoms in total. The summed E-state index contributed by atoms with van der Waals surface area (Å²) >= 11 is 1.62. The maximum atomic E-state index is 12.1. The molecule has 0 saturated heterocycles. The summed E-state index contributed by atoms with van der Waals surface area (Å²) in [6, 6.07) is 11.0. The first-order chi connectivity index (χ1) is 9.70. The zero-order valence-electron chi connectivity index (χ0n) is 11.1. The summed E-state index contributed by atoms with van der Waals surface area (Å²) in [5, 5.41) is 13.6. The number of hydrogen-bond donors (Lipinski definition) is 2. The summed E-state index contributed by atoms with van der Waals surface area (Å²) in [5.74, 6) is 5.26. The van der Waals surface area contributed by atoms with Crippen LogP contribution in [0, 0.1) is 11.8 Å². The van der Waals surface area contributed by atoms with Gasteiger partial charge in [0.2, 0.25) is 0 Å². The van der Waals surface area contributed by atoms with Crippen LogP contribution in [0.15, 0.2) is 41.8 Å². The number of carbonyl (C=O) groups is 1. The Labute approximate surface area is 122 Å². The highest BCUT2D eigenvalue weighted by atomic mass is 32.1. The molecular formula is C16H15NO2S. The van der Waals surface area contributed by atoms with Gasteiger partial charge in [0.25, 0.3) is 5.91 Å². The molecule has 4 heteroatoms. The third-order valence-corrected chi connectivity index (χ3v) is 3.83. The van der Waals surface area contributed by atoms with Crippen molar-refractivity contribution in [1.82, 2.24) is 5.32 Å². The van der Waals surface area contributed by atoms with Crippen LogP contribution in [-0.2, 0) is 0 Å². The number of nitrogens with one attached hydrogen (secondary N) is 1. The molecule has 1 heterocycles. The molecule has 1 unspecified atom stereocenters. The van der Waals surface area contributed by atoms with Crippen LogP contribution in [-0.4, -0.2) is 17.6 Å². The summed E-state index contributed by atoms with van der Waals surface area (Å²) in [6.45, 7) is 1.80. The van der Waals surface area contributed by atoms with Gasteiger partial charge in [-0.15, -0.1) is 11.3 Å². The Balaban J connectivity index is 2.02. The van der Waals surface area contributed by atoms with E-state index in [2.05, 4.69) is 17.2 Å². The van der Waals surface area contributed by atoms with Crippen molar-refractivity contribution >= 4 is 17.2 Å². The first-order valence-corrected chi connectivity index (χ1v) is 7.12. The number of amides is 1. The molecule has 2 aromatic rings. The van der Waals surface area contributed by atoms with Crippen molar-refractivity contribution in [3.05, 3.63) is 57.8 Å². The van der Waals surface area contributed by atoms with Gasteiger partial charge in [-0.3, -0.25) is 4.79 Å². The summed E-state index contributed by atoms with van der Waals surface area (Å²) < 4.78 is 0. The fraction of sp³-hybridized carbons (Fsp3) is 0.188. The van der Waals surface area contributed by atoms with Crippen molar-refractivity contribution in [2.75, 3.05) is 6.61 Å². The zero-order valence-corrected chi connectivity index (χ0v) is 11.9. The van der Waals surface area contributed by atoms with Crippen LogP contribution >= 0.6 is 11.3 Å². The number of aliphatic hydroxyl groups is 1. The molecule has 20 heavy (non-hydrogen) atoms. The number of hydrogen-bond acceptors (Lipinski definition) is 3. The van der Waals surface area contributed by atoms with Crippen molar-refractivity contribution in [3.63, 3.8) is 0 Å². The van der Waals surface area contributed by atoms with Gasteiger partial charge >= 0.3 is 0 Å². The van der Waals surface area contributed by atoms with Crippen LogP contribution in [0.3, 0.4) is 0 Å². The highest BCUT2D eigenvalue weighted by Crippen LogP contribution is 2.18. The summed E-state index contributed by atoms with van der Waals surface area (Å²) in [4.78, 5) is 13.2. The Hall–Kier alpha value is -2.09. The standard InChI is InChI=1S/C16H15NO2S/c1-12(15-5-3-11-20-15)17-16(19)14-8-6-13(7-9-14)4-2-10-18/h3,5-9,11-12,18H,10H2,1H3,(H,17,19). The molecule has 0 aliphatic rings. The van der Waals surface area contributed by atoms with Gasteiger partial charge in [0.05, 0.1) is 6.04 Å². The SMILES string of the molecule is CC(NC(=O)c1ccc(C#CCO)cc1)c1cccs1. The molecule has 0 saturated carbocycles. The molecular weight excluding hydrogens is 270 g/mol. The average Bonchev–Trinajstić information content (AvgIpc) is 3.00. The van der Waals surface area contributed by atoms with Gasteiger partial charge in [0.15, 0.2) is 0 Å². The van der Waals surface area contributed by atoms with E-state index in [1.807, 2.05) is 24.4 Å². The van der Waals surface area contributed by atoms with E-state index in [0.717, 1.165) is 10.4 Å². The highest BCUT2D eigenvalue weighted by molar-refractivity contribution is 7.10. The third kappa shape index (κ3) is 3.70. The average molecular weight is 285 g/mol. The van der Waals surface area contributed by atoms with Gasteiger partial charge in [0.1, 0.15) is 6.61 Å². The monoisotopic (exact) mass is 285 g/mol. The Morgan fingerprint density at radius 1 is 1.35 bits per heavy atom. The second-order valence-corrected chi connectivity index (χ2v) is 5.23. The number of carbonyl (C=O) groups excluding carboxylic acids is 1. The molecule has 0 radical (unpaired) electrons. The van der Waals surface area contributed by atoms with Crippen LogP contribution in [0.25, 0.3) is 0 Å². The smallest absolute Gasteiger partial charge is 0.251 e. The van der Waals surface area contributed by atoms with E-state index in [0.29, 0.717) is 5.56 Å². The maximum absolute atomic E-state index is 12.1. The number of benzene rings is 1. The van der Waals surface area contributed by atoms with Crippen molar-refractivity contribution < 1.29 is 9.90 Å². The molecule has 1 amide bonds. The fourth-order valence-corrected chi connectivity index (χ4v) is 2.47. The predicted molar refractivity (Wildman–Crippen MR) is 80.6 cm³/mol. The maximum Gasteiger partial charge on any atom is 0.251 e. The van der Waals surface area contributed by atoms with E-state index in [-0.39, 0.29) is 18.6 Å². The molecule has 0 fully saturated rings. The van der Waals surface area contributed by atoms with Crippen LogP contribution in [0.4, 0.5) is 0 Å². The van der Waals surface area contributed by atoms with Crippen molar-refractivity contribution in [2.24, 2.45) is 0 Å². The fourth-order valence-electron chi connectivity index (χ4n) is 1.74. The quantitative estimate of drug-likeness (QED) is 0.852. The normalized spacial score (nSPS) is 11.3. The van der Waals surface area contributed by atoms with Gasteiger partial charge in [-0.2, -0.15) is 0 Å². The Morgan fingerprint density at radius 3 is 2.70 bits per heavy atom. The van der Waals surface area contributed by atoms with E-state index in [1.165, 1.54) is 0 Å². The lowest BCUT2D eigenvalue weighted by Gasteiger charge is -2.12. The van der Waals surface area contributed by atoms with E-state index in [9.17, 15) is 4.79 Å². The number of aliphatic hydroxyl groups excluding tert-OH is 1. The largest absolute Gasteiger partial charge is 0.384 e. The number of thiophene rings is 1. The van der Waals surface area contributed by atoms with E-state index < -0.39 is 0 Å². The summed E-state index contributed by atoms with van der Waals surface area (Å²) in [5.41, 5.74) is 1.38. The van der Waals surface area contributed by atoms with Crippen LogP contribution in [0.2, 0.25) is 0 Å². The van der Waals surface area contributed by atoms with Gasteiger partial charge in [-0.05, 0) is 42.6 Å². The Bertz CT molecular complexity index is 621. The minimum atomic E-state index is -0.166. The van der Waals surface area contributed by atoms with Gasteiger partial charge < -0.3 is 10.4 Å². The van der Waals surface area contributed by atoms with Crippen LogP contribution in [0.1, 0.15) is 33.8 Å². The highest BCUT2D eigenvalue weighted by Gasteiger charge is 2.11. The summed E-state index contributed by atoms with van der Waals surface area (Å²) in [6.07, 6.45) is 0. The zero-order chi connectivity index (χ0) is 14.4. The molecule has 0 aliphatic carbocycles. The van der Waals surface area contributed by atoms with Crippen molar-refractivity contribution in [2.45, 2.75) is 13.0 Å². The second kappa shape index (κ2) is 6.90. The topological polar surface area (TPSA) is 49.3 Å². The first kappa shape index (κ1) is 14.3. The molecule has 0 bridgehead atoms. The Morgan fingerprint density at radius 2 is 2.10 bits per heavy atom. The lowest BCUT2D eigenvalue weighted by atomic mass is 10.1. The molecule has 2 rings (SSSR count). The second-order valence-electron chi connectivity index (χ2n) is 4.25. The predicted octanol–water partition coefficient (Wildman–Crippen LogP) is 2.58. The molecule has 1 aromatic heterocycles. The summed E-state index contributed by atoms with van der Waals surface area (Å²) in [7, 11) is 0. The molecule has 2 N–H and O–H groups in total. The lowest BCUT2D eigenvalue weighted by molar-refractivity contribution is 0.0940.